The summed E-state index contributed by atoms with van der Waals surface area (Å²) in [6.45, 7) is 4.20. The van der Waals surface area contributed by atoms with E-state index < -0.39 is 18.2 Å². The fraction of sp³-hybridized carbons (Fsp3) is 0.941. The van der Waals surface area contributed by atoms with Crippen LogP contribution in [0.25, 0.3) is 0 Å². The molecule has 56 heavy (non-hydrogen) atoms. The highest BCUT2D eigenvalue weighted by molar-refractivity contribution is 5.76. The summed E-state index contributed by atoms with van der Waals surface area (Å²) in [7, 11) is 0. The van der Waals surface area contributed by atoms with Gasteiger partial charge in [-0.3, -0.25) is 4.79 Å². The summed E-state index contributed by atoms with van der Waals surface area (Å²) in [6, 6.07) is -0.821. The van der Waals surface area contributed by atoms with Crippen LogP contribution >= 0.6 is 0 Å². The number of aliphatic hydroxyl groups excluding tert-OH is 3. The van der Waals surface area contributed by atoms with Crippen LogP contribution in [0.3, 0.4) is 0 Å². The molecule has 0 radical (unpaired) electrons. The van der Waals surface area contributed by atoms with E-state index in [0.29, 0.717) is 12.8 Å². The number of aliphatic hydroxyl groups is 3. The van der Waals surface area contributed by atoms with Gasteiger partial charge >= 0.3 is 0 Å². The molecule has 0 saturated carbocycles. The molecule has 0 fully saturated rings. The van der Waals surface area contributed by atoms with Crippen molar-refractivity contribution in [2.24, 2.45) is 0 Å². The molecule has 1 amide bonds. The van der Waals surface area contributed by atoms with Crippen LogP contribution in [0.5, 0.6) is 0 Å². The first kappa shape index (κ1) is 55.1. The predicted octanol–water partition coefficient (Wildman–Crippen LogP) is 15.2. The fourth-order valence-electron chi connectivity index (χ4n) is 8.17. The molecule has 3 unspecified atom stereocenters. The minimum atomic E-state index is -1.15. The van der Waals surface area contributed by atoms with Crippen molar-refractivity contribution in [3.05, 3.63) is 12.2 Å². The molecule has 5 nitrogen and oxygen atoms in total. The van der Waals surface area contributed by atoms with Gasteiger partial charge in [0.05, 0.1) is 18.8 Å². The number of hydrogen-bond donors (Lipinski definition) is 4. The Kier molecular flexibility index (Phi) is 46.0. The second kappa shape index (κ2) is 46.8. The number of carbonyl (C=O) groups is 1. The molecule has 0 heterocycles. The minimum absolute atomic E-state index is 0.148. The summed E-state index contributed by atoms with van der Waals surface area (Å²) in [5.74, 6) is -0.148. The molecule has 334 valence electrons. The molecule has 0 aliphatic rings. The SMILES string of the molecule is CCCCCCCCCCCCCC/C=C/CCCC(O)C(O)C(CO)NC(=O)CCCCCCCCCCCCCCCCCCCCCCCCCCC. The van der Waals surface area contributed by atoms with Crippen LogP contribution in [0.1, 0.15) is 284 Å². The van der Waals surface area contributed by atoms with Gasteiger partial charge in [-0.05, 0) is 38.5 Å². The molecule has 0 aromatic carbocycles. The lowest BCUT2D eigenvalue weighted by Gasteiger charge is -2.26. The first-order valence-electron chi connectivity index (χ1n) is 25.5. The molecular weight excluding hydrogens is 691 g/mol. The highest BCUT2D eigenvalue weighted by atomic mass is 16.3. The zero-order valence-electron chi connectivity index (χ0n) is 38.0. The maximum Gasteiger partial charge on any atom is 0.220 e. The summed E-state index contributed by atoms with van der Waals surface area (Å²) >= 11 is 0. The molecule has 0 aliphatic carbocycles. The Labute approximate surface area is 350 Å². The Balaban J connectivity index is 3.55. The normalized spacial score (nSPS) is 13.4. The molecule has 0 rings (SSSR count). The number of rotatable bonds is 47. The zero-order valence-corrected chi connectivity index (χ0v) is 38.0. The zero-order chi connectivity index (χ0) is 40.8. The average Bonchev–Trinajstić information content (AvgIpc) is 3.20. The Morgan fingerprint density at radius 2 is 0.714 bits per heavy atom. The molecule has 4 N–H and O–H groups in total. The van der Waals surface area contributed by atoms with Crippen LogP contribution in [0, 0.1) is 0 Å². The summed E-state index contributed by atoms with van der Waals surface area (Å²) in [4.78, 5) is 12.5. The van der Waals surface area contributed by atoms with E-state index >= 15 is 0 Å². The average molecular weight is 792 g/mol. The van der Waals surface area contributed by atoms with Crippen LogP contribution in [0.15, 0.2) is 12.2 Å². The molecule has 0 spiro atoms. The predicted molar refractivity (Wildman–Crippen MR) is 245 cm³/mol. The van der Waals surface area contributed by atoms with E-state index in [0.717, 1.165) is 38.5 Å². The van der Waals surface area contributed by atoms with Crippen molar-refractivity contribution in [3.8, 4) is 0 Å². The van der Waals surface area contributed by atoms with Gasteiger partial charge in [-0.15, -0.1) is 0 Å². The van der Waals surface area contributed by atoms with E-state index in [4.69, 9.17) is 0 Å². The van der Waals surface area contributed by atoms with Crippen molar-refractivity contribution < 1.29 is 20.1 Å². The molecule has 5 heteroatoms. The van der Waals surface area contributed by atoms with Crippen LogP contribution in [0.4, 0.5) is 0 Å². The topological polar surface area (TPSA) is 89.8 Å². The van der Waals surface area contributed by atoms with Gasteiger partial charge < -0.3 is 20.6 Å². The lowest BCUT2D eigenvalue weighted by Crippen LogP contribution is -2.50. The highest BCUT2D eigenvalue weighted by Crippen LogP contribution is 2.17. The van der Waals surface area contributed by atoms with Crippen molar-refractivity contribution >= 4 is 5.91 Å². The van der Waals surface area contributed by atoms with Crippen LogP contribution in [0.2, 0.25) is 0 Å². The van der Waals surface area contributed by atoms with E-state index in [-0.39, 0.29) is 12.5 Å². The van der Waals surface area contributed by atoms with Gasteiger partial charge in [-0.1, -0.05) is 251 Å². The summed E-state index contributed by atoms with van der Waals surface area (Å²) in [5.41, 5.74) is 0. The number of amides is 1. The smallest absolute Gasteiger partial charge is 0.220 e. The minimum Gasteiger partial charge on any atom is -0.394 e. The highest BCUT2D eigenvalue weighted by Gasteiger charge is 2.26. The van der Waals surface area contributed by atoms with Crippen LogP contribution in [-0.4, -0.2) is 46.1 Å². The van der Waals surface area contributed by atoms with Crippen molar-refractivity contribution in [1.82, 2.24) is 5.32 Å². The standard InChI is InChI=1S/C51H101NO4/c1-3-5-7-9-11-13-15-17-19-21-22-23-24-25-26-27-28-30-32-34-36-38-40-42-44-46-50(55)52-48(47-53)51(56)49(54)45-43-41-39-37-35-33-31-29-20-18-16-14-12-10-8-6-4-2/h37,39,48-49,51,53-54,56H,3-36,38,40-47H2,1-2H3,(H,52,55)/b39-37+. The van der Waals surface area contributed by atoms with E-state index in [1.807, 2.05) is 0 Å². The summed E-state index contributed by atoms with van der Waals surface area (Å²) < 4.78 is 0. The summed E-state index contributed by atoms with van der Waals surface area (Å²) in [5, 5.41) is 33.6. The number of nitrogens with one attached hydrogen (secondary N) is 1. The third-order valence-electron chi connectivity index (χ3n) is 12.1. The maximum absolute atomic E-state index is 12.5. The van der Waals surface area contributed by atoms with Gasteiger partial charge in [0.1, 0.15) is 6.10 Å². The first-order valence-corrected chi connectivity index (χ1v) is 25.5. The second-order valence-corrected chi connectivity index (χ2v) is 17.7. The number of carbonyl (C=O) groups excluding carboxylic acids is 1. The summed E-state index contributed by atoms with van der Waals surface area (Å²) in [6.07, 6.45) is 56.3. The Hall–Kier alpha value is -0.910. The lowest BCUT2D eigenvalue weighted by molar-refractivity contribution is -0.124. The van der Waals surface area contributed by atoms with Gasteiger partial charge in [0.2, 0.25) is 5.91 Å². The van der Waals surface area contributed by atoms with Crippen LogP contribution < -0.4 is 5.32 Å². The van der Waals surface area contributed by atoms with Crippen molar-refractivity contribution in [2.45, 2.75) is 302 Å². The third kappa shape index (κ3) is 41.3. The monoisotopic (exact) mass is 792 g/mol. The Morgan fingerprint density at radius 1 is 0.429 bits per heavy atom. The van der Waals surface area contributed by atoms with Crippen molar-refractivity contribution in [3.63, 3.8) is 0 Å². The largest absolute Gasteiger partial charge is 0.394 e. The molecule has 0 bridgehead atoms. The van der Waals surface area contributed by atoms with Gasteiger partial charge in [-0.25, -0.2) is 0 Å². The molecule has 0 aromatic rings. The van der Waals surface area contributed by atoms with Crippen LogP contribution in [-0.2, 0) is 4.79 Å². The molecule has 0 aliphatic heterocycles. The van der Waals surface area contributed by atoms with E-state index in [2.05, 4.69) is 31.3 Å². The Bertz CT molecular complexity index is 788. The van der Waals surface area contributed by atoms with Crippen molar-refractivity contribution in [2.75, 3.05) is 6.61 Å². The van der Waals surface area contributed by atoms with E-state index in [1.54, 1.807) is 0 Å². The van der Waals surface area contributed by atoms with Crippen molar-refractivity contribution in [1.29, 1.82) is 0 Å². The third-order valence-corrected chi connectivity index (χ3v) is 12.1. The fourth-order valence-corrected chi connectivity index (χ4v) is 8.17. The quantitative estimate of drug-likeness (QED) is 0.0365. The maximum atomic E-state index is 12.5. The molecule has 0 aromatic heterocycles. The Morgan fingerprint density at radius 3 is 1.04 bits per heavy atom. The molecular formula is C51H101NO4. The molecule has 0 saturated heterocycles. The van der Waals surface area contributed by atoms with Gasteiger partial charge in [0.25, 0.3) is 0 Å². The van der Waals surface area contributed by atoms with E-state index in [1.165, 1.54) is 218 Å². The number of unbranched alkanes of at least 4 members (excludes halogenated alkanes) is 37. The lowest BCUT2D eigenvalue weighted by atomic mass is 10.0. The van der Waals surface area contributed by atoms with E-state index in [9.17, 15) is 20.1 Å². The van der Waals surface area contributed by atoms with Gasteiger partial charge in [0.15, 0.2) is 0 Å². The number of allylic oxidation sites excluding steroid dienone is 2. The van der Waals surface area contributed by atoms with Gasteiger partial charge in [-0.2, -0.15) is 0 Å². The molecule has 3 atom stereocenters. The van der Waals surface area contributed by atoms with Gasteiger partial charge in [0, 0.05) is 6.42 Å². The first-order chi connectivity index (χ1) is 27.6. The number of hydrogen-bond acceptors (Lipinski definition) is 4. The second-order valence-electron chi connectivity index (χ2n) is 17.7.